The molecule has 0 radical (unpaired) electrons. The van der Waals surface area contributed by atoms with Gasteiger partial charge in [0.2, 0.25) is 0 Å². The number of carbonyl (C=O) groups is 1. The lowest BCUT2D eigenvalue weighted by molar-refractivity contribution is 0.0889. The van der Waals surface area contributed by atoms with E-state index in [0.29, 0.717) is 44.3 Å². The van der Waals surface area contributed by atoms with Gasteiger partial charge in [0.1, 0.15) is 17.2 Å². The zero-order chi connectivity index (χ0) is 24.2. The minimum Gasteiger partial charge on any atom is -0.496 e. The molecule has 0 saturated heterocycles. The topological polar surface area (TPSA) is 84.5 Å². The molecule has 1 aliphatic carbocycles. The largest absolute Gasteiger partial charge is 0.496 e. The first-order valence-electron chi connectivity index (χ1n) is 10.4. The van der Waals surface area contributed by atoms with E-state index in [9.17, 15) is 13.6 Å². The second-order valence-corrected chi connectivity index (χ2v) is 8.41. The van der Waals surface area contributed by atoms with Crippen molar-refractivity contribution >= 4 is 51.4 Å². The molecule has 7 nitrogen and oxygen atoms in total. The van der Waals surface area contributed by atoms with Crippen LogP contribution < -0.4 is 25.4 Å². The summed E-state index contributed by atoms with van der Waals surface area (Å²) in [5.41, 5.74) is 1.22. The number of benzene rings is 2. The molecule has 34 heavy (non-hydrogen) atoms. The highest BCUT2D eigenvalue weighted by Gasteiger charge is 2.22. The van der Waals surface area contributed by atoms with E-state index in [1.165, 1.54) is 13.2 Å². The van der Waals surface area contributed by atoms with E-state index in [1.807, 2.05) is 0 Å². The molecule has 1 saturated carbocycles. The molecule has 0 bridgehead atoms. The molecule has 1 aromatic heterocycles. The molecule has 0 aliphatic heterocycles. The van der Waals surface area contributed by atoms with Crippen LogP contribution in [-0.4, -0.2) is 42.1 Å². The highest BCUT2D eigenvalue weighted by Crippen LogP contribution is 2.35. The summed E-state index contributed by atoms with van der Waals surface area (Å²) in [6.07, 6.45) is 1.08. The van der Waals surface area contributed by atoms with Crippen molar-refractivity contribution in [2.45, 2.75) is 25.3 Å². The molecule has 1 heterocycles. The third-order valence-corrected chi connectivity index (χ3v) is 5.55. The molecule has 0 unspecified atom stereocenters. The number of hydrogen-bond donors (Lipinski definition) is 3. The zero-order valence-electron chi connectivity index (χ0n) is 18.0. The Morgan fingerprint density at radius 2 is 2.03 bits per heavy atom. The number of hydrogen-bond acceptors (Lipinski definition) is 5. The van der Waals surface area contributed by atoms with Crippen molar-refractivity contribution in [2.75, 3.05) is 19.0 Å². The highest BCUT2D eigenvalue weighted by atomic mass is 35.5. The quantitative estimate of drug-likeness (QED) is 0.365. The lowest BCUT2D eigenvalue weighted by Gasteiger charge is -2.14. The second-order valence-electron chi connectivity index (χ2n) is 7.60. The molecule has 1 fully saturated rings. The SMILES string of the molecule is COc1cc2nccc(Oc3ccc(NC(=S)NC4CC4)c(Cl)c3)c2cc1C(=O)NCC(F)F. The number of amides is 1. The van der Waals surface area contributed by atoms with E-state index in [2.05, 4.69) is 20.9 Å². The second kappa shape index (κ2) is 10.4. The van der Waals surface area contributed by atoms with Crippen LogP contribution in [0.3, 0.4) is 0 Å². The van der Waals surface area contributed by atoms with Gasteiger partial charge in [-0.2, -0.15) is 0 Å². The van der Waals surface area contributed by atoms with E-state index in [-0.39, 0.29) is 11.3 Å². The third kappa shape index (κ3) is 5.81. The maximum atomic E-state index is 12.5. The predicted octanol–water partition coefficient (Wildman–Crippen LogP) is 5.13. The van der Waals surface area contributed by atoms with Gasteiger partial charge in [0.25, 0.3) is 12.3 Å². The van der Waals surface area contributed by atoms with Gasteiger partial charge in [-0.3, -0.25) is 9.78 Å². The van der Waals surface area contributed by atoms with Crippen LogP contribution in [0, 0.1) is 0 Å². The van der Waals surface area contributed by atoms with Crippen molar-refractivity contribution in [3.8, 4) is 17.2 Å². The van der Waals surface area contributed by atoms with Crippen LogP contribution in [0.1, 0.15) is 23.2 Å². The summed E-state index contributed by atoms with van der Waals surface area (Å²) in [4.78, 5) is 16.7. The first kappa shape index (κ1) is 23.9. The Kier molecular flexibility index (Phi) is 7.28. The summed E-state index contributed by atoms with van der Waals surface area (Å²) in [7, 11) is 1.38. The fourth-order valence-electron chi connectivity index (χ4n) is 3.21. The van der Waals surface area contributed by atoms with Gasteiger partial charge in [-0.25, -0.2) is 8.78 Å². The summed E-state index contributed by atoms with van der Waals surface area (Å²) in [6, 6.07) is 10.2. The predicted molar refractivity (Wildman–Crippen MR) is 131 cm³/mol. The Hall–Kier alpha value is -3.24. The van der Waals surface area contributed by atoms with E-state index >= 15 is 0 Å². The van der Waals surface area contributed by atoms with Gasteiger partial charge in [-0.15, -0.1) is 0 Å². The molecule has 0 atom stereocenters. The van der Waals surface area contributed by atoms with Gasteiger partial charge in [-0.1, -0.05) is 11.6 Å². The Bertz CT molecular complexity index is 1240. The van der Waals surface area contributed by atoms with Crippen molar-refractivity contribution in [1.82, 2.24) is 15.6 Å². The van der Waals surface area contributed by atoms with Crippen LogP contribution in [0.15, 0.2) is 42.6 Å². The highest BCUT2D eigenvalue weighted by molar-refractivity contribution is 7.80. The maximum absolute atomic E-state index is 12.5. The van der Waals surface area contributed by atoms with E-state index < -0.39 is 18.9 Å². The first-order chi connectivity index (χ1) is 16.3. The summed E-state index contributed by atoms with van der Waals surface area (Å²) in [5, 5.41) is 9.84. The molecule has 3 aromatic rings. The van der Waals surface area contributed by atoms with E-state index in [0.717, 1.165) is 12.8 Å². The number of ether oxygens (including phenoxy) is 2. The molecule has 1 amide bonds. The van der Waals surface area contributed by atoms with Gasteiger partial charge in [0.05, 0.1) is 35.4 Å². The normalized spacial score (nSPS) is 13.0. The number of nitrogens with zero attached hydrogens (tertiary/aromatic N) is 1. The van der Waals surface area contributed by atoms with Crippen molar-refractivity contribution in [1.29, 1.82) is 0 Å². The molecule has 11 heteroatoms. The average molecular weight is 507 g/mol. The number of pyridine rings is 1. The van der Waals surface area contributed by atoms with Crippen LogP contribution in [0.25, 0.3) is 10.9 Å². The Morgan fingerprint density at radius 3 is 2.71 bits per heavy atom. The Morgan fingerprint density at radius 1 is 1.24 bits per heavy atom. The van der Waals surface area contributed by atoms with E-state index in [1.54, 1.807) is 36.5 Å². The van der Waals surface area contributed by atoms with Crippen LogP contribution in [-0.2, 0) is 0 Å². The van der Waals surface area contributed by atoms with Crippen molar-refractivity contribution in [3.63, 3.8) is 0 Å². The summed E-state index contributed by atoms with van der Waals surface area (Å²) < 4.78 is 36.4. The number of methoxy groups -OCH3 is 1. The lowest BCUT2D eigenvalue weighted by Crippen LogP contribution is -2.30. The maximum Gasteiger partial charge on any atom is 0.255 e. The number of rotatable bonds is 8. The number of fused-ring (bicyclic) bond motifs is 1. The molecule has 2 aromatic carbocycles. The number of anilines is 1. The first-order valence-corrected chi connectivity index (χ1v) is 11.2. The Labute approximate surface area is 204 Å². The number of carbonyl (C=O) groups excluding carboxylic acids is 1. The molecule has 3 N–H and O–H groups in total. The number of alkyl halides is 2. The summed E-state index contributed by atoms with van der Waals surface area (Å²) in [6.45, 7) is -0.769. The molecule has 4 rings (SSSR count). The van der Waals surface area contributed by atoms with Crippen LogP contribution >= 0.6 is 23.8 Å². The minimum atomic E-state index is -2.67. The van der Waals surface area contributed by atoms with Crippen LogP contribution in [0.5, 0.6) is 17.2 Å². The number of halogens is 3. The van der Waals surface area contributed by atoms with Crippen molar-refractivity contribution < 1.29 is 23.0 Å². The van der Waals surface area contributed by atoms with E-state index in [4.69, 9.17) is 33.3 Å². The average Bonchev–Trinajstić information content (AvgIpc) is 3.62. The van der Waals surface area contributed by atoms with Gasteiger partial charge in [0.15, 0.2) is 5.11 Å². The molecule has 1 aliphatic rings. The number of thiocarbonyl (C=S) groups is 1. The third-order valence-electron chi connectivity index (χ3n) is 5.01. The zero-order valence-corrected chi connectivity index (χ0v) is 19.6. The van der Waals surface area contributed by atoms with Crippen LogP contribution in [0.2, 0.25) is 5.02 Å². The van der Waals surface area contributed by atoms with Crippen molar-refractivity contribution in [2.24, 2.45) is 0 Å². The molecule has 178 valence electrons. The molecular weight excluding hydrogens is 486 g/mol. The monoisotopic (exact) mass is 506 g/mol. The van der Waals surface area contributed by atoms with Gasteiger partial charge < -0.3 is 25.4 Å². The number of nitrogens with one attached hydrogen (secondary N) is 3. The fourth-order valence-corrected chi connectivity index (χ4v) is 3.70. The van der Waals surface area contributed by atoms with Crippen molar-refractivity contribution in [3.05, 3.63) is 53.2 Å². The number of aromatic nitrogens is 1. The smallest absolute Gasteiger partial charge is 0.255 e. The lowest BCUT2D eigenvalue weighted by atomic mass is 10.1. The van der Waals surface area contributed by atoms with Gasteiger partial charge >= 0.3 is 0 Å². The van der Waals surface area contributed by atoms with Gasteiger partial charge in [-0.05, 0) is 49.3 Å². The van der Waals surface area contributed by atoms with Gasteiger partial charge in [0, 0.05) is 29.8 Å². The van der Waals surface area contributed by atoms with Crippen LogP contribution in [0.4, 0.5) is 14.5 Å². The molecular formula is C23H21ClF2N4O3S. The minimum absolute atomic E-state index is 0.0859. The summed E-state index contributed by atoms with van der Waals surface area (Å²) in [5.74, 6) is 0.364. The fraction of sp³-hybridized carbons (Fsp3) is 0.261. The standard InChI is InChI=1S/C23H21ClF2N4O3S/c1-32-20-10-18-14(9-15(20)22(31)28-11-21(25)26)19(6-7-27-18)33-13-4-5-17(16(24)8-13)30-23(34)29-12-2-3-12/h4-10,12,21H,2-3,11H2,1H3,(H,28,31)(H2,29,30,34). The summed E-state index contributed by atoms with van der Waals surface area (Å²) >= 11 is 11.7. The molecule has 0 spiro atoms. The Balaban J connectivity index is 1.58.